The number of nitrogens with zero attached hydrogens (tertiary/aromatic N) is 3. The van der Waals surface area contributed by atoms with Gasteiger partial charge in [-0.1, -0.05) is 32.9 Å². The Morgan fingerprint density at radius 2 is 1.63 bits per heavy atom. The van der Waals surface area contributed by atoms with Crippen LogP contribution in [0.1, 0.15) is 70.4 Å². The Morgan fingerprint density at radius 3 is 2.28 bits per heavy atom. The van der Waals surface area contributed by atoms with Gasteiger partial charge in [-0.25, -0.2) is 4.98 Å². The van der Waals surface area contributed by atoms with E-state index >= 15 is 0 Å². The molecule has 0 radical (unpaired) electrons. The number of anilines is 3. The van der Waals surface area contributed by atoms with Crippen molar-refractivity contribution in [2.24, 2.45) is 5.73 Å². The van der Waals surface area contributed by atoms with Crippen molar-refractivity contribution < 1.29 is 19.1 Å². The molecule has 2 aromatic carbocycles. The molecule has 0 spiro atoms. The molecule has 10 heteroatoms. The number of aromatic nitrogens is 1. The van der Waals surface area contributed by atoms with Crippen molar-refractivity contribution >= 4 is 34.8 Å². The smallest absolute Gasteiger partial charge is 0.269 e. The molecule has 2 saturated heterocycles. The molecule has 43 heavy (non-hydrogen) atoms. The molecule has 3 amide bonds. The van der Waals surface area contributed by atoms with Gasteiger partial charge in [-0.3, -0.25) is 14.4 Å². The Labute approximate surface area is 252 Å². The van der Waals surface area contributed by atoms with Crippen molar-refractivity contribution in [2.75, 3.05) is 49.6 Å². The van der Waals surface area contributed by atoms with E-state index in [0.717, 1.165) is 25.1 Å². The van der Waals surface area contributed by atoms with Crippen molar-refractivity contribution in [3.05, 3.63) is 83.2 Å². The molecule has 3 aromatic rings. The number of nitrogens with one attached hydrogen (secondary N) is 2. The third kappa shape index (κ3) is 7.32. The van der Waals surface area contributed by atoms with Gasteiger partial charge >= 0.3 is 0 Å². The SMILES string of the molecule is CC(C)(C)c1ccc(C(=O)NC2CCCN(c3cnc(C(N)=O)c(Nc4ccc(C(=O)N5CCOCC5)cc4)c3)C2)cc1. The Bertz CT molecular complexity index is 1460. The summed E-state index contributed by atoms with van der Waals surface area (Å²) in [6, 6.07) is 16.7. The summed E-state index contributed by atoms with van der Waals surface area (Å²) in [5.74, 6) is -0.771. The summed E-state index contributed by atoms with van der Waals surface area (Å²) in [5.41, 5.74) is 10.2. The first-order valence-corrected chi connectivity index (χ1v) is 14.8. The Morgan fingerprint density at radius 1 is 0.953 bits per heavy atom. The molecule has 2 fully saturated rings. The summed E-state index contributed by atoms with van der Waals surface area (Å²) in [4.78, 5) is 46.3. The molecule has 1 atom stereocenters. The van der Waals surface area contributed by atoms with E-state index < -0.39 is 5.91 Å². The highest BCUT2D eigenvalue weighted by Crippen LogP contribution is 2.28. The number of piperidine rings is 1. The number of morpholine rings is 1. The van der Waals surface area contributed by atoms with Crippen molar-refractivity contribution in [1.29, 1.82) is 0 Å². The lowest BCUT2D eigenvalue weighted by molar-refractivity contribution is 0.0303. The monoisotopic (exact) mass is 584 g/mol. The van der Waals surface area contributed by atoms with Gasteiger partial charge in [-0.15, -0.1) is 0 Å². The molecule has 0 saturated carbocycles. The first kappa shape index (κ1) is 30.0. The lowest BCUT2D eigenvalue weighted by Crippen LogP contribution is -2.47. The third-order valence-electron chi connectivity index (χ3n) is 7.95. The number of ether oxygens (including phenoxy) is 1. The molecule has 10 nitrogen and oxygen atoms in total. The Balaban J connectivity index is 1.26. The van der Waals surface area contributed by atoms with Crippen LogP contribution in [0.2, 0.25) is 0 Å². The van der Waals surface area contributed by atoms with E-state index in [-0.39, 0.29) is 29.0 Å². The number of nitrogens with two attached hydrogens (primary N) is 1. The number of hydrogen-bond donors (Lipinski definition) is 3. The molecule has 226 valence electrons. The van der Waals surface area contributed by atoms with E-state index in [1.54, 1.807) is 35.4 Å². The van der Waals surface area contributed by atoms with Crippen molar-refractivity contribution in [1.82, 2.24) is 15.2 Å². The van der Waals surface area contributed by atoms with Gasteiger partial charge in [0.1, 0.15) is 0 Å². The van der Waals surface area contributed by atoms with Crippen LogP contribution in [0.5, 0.6) is 0 Å². The predicted octanol–water partition coefficient (Wildman–Crippen LogP) is 4.09. The zero-order valence-corrected chi connectivity index (χ0v) is 25.1. The minimum Gasteiger partial charge on any atom is -0.378 e. The molecule has 1 aromatic heterocycles. The summed E-state index contributed by atoms with van der Waals surface area (Å²) in [7, 11) is 0. The van der Waals surface area contributed by atoms with Gasteiger partial charge in [0.15, 0.2) is 5.69 Å². The maximum atomic E-state index is 13.0. The number of hydrogen-bond acceptors (Lipinski definition) is 7. The maximum absolute atomic E-state index is 13.0. The highest BCUT2D eigenvalue weighted by Gasteiger charge is 2.24. The second kappa shape index (κ2) is 12.8. The molecule has 0 aliphatic carbocycles. The van der Waals surface area contributed by atoms with Crippen LogP contribution >= 0.6 is 0 Å². The maximum Gasteiger partial charge on any atom is 0.269 e. The zero-order valence-electron chi connectivity index (χ0n) is 25.1. The molecule has 4 N–H and O–H groups in total. The average molecular weight is 585 g/mol. The topological polar surface area (TPSA) is 130 Å². The zero-order chi connectivity index (χ0) is 30.6. The second-order valence-electron chi connectivity index (χ2n) is 12.1. The standard InChI is InChI=1S/C33H40N6O4/c1-33(2,3)24-10-6-22(7-11-24)31(41)37-26-5-4-14-39(21-26)27-19-28(29(30(34)40)35-20-27)36-25-12-8-23(9-13-25)32(42)38-15-17-43-18-16-38/h6-13,19-20,26,36H,4-5,14-18,21H2,1-3H3,(H2,34,40)(H,37,41). The van der Waals surface area contributed by atoms with Crippen LogP contribution < -0.4 is 21.3 Å². The first-order chi connectivity index (χ1) is 20.6. The van der Waals surface area contributed by atoms with Crippen LogP contribution in [0, 0.1) is 0 Å². The molecular formula is C33H40N6O4. The van der Waals surface area contributed by atoms with E-state index in [1.807, 2.05) is 30.3 Å². The number of primary amides is 1. The largest absolute Gasteiger partial charge is 0.378 e. The normalized spacial score (nSPS) is 17.3. The van der Waals surface area contributed by atoms with E-state index in [1.165, 1.54) is 5.56 Å². The van der Waals surface area contributed by atoms with Crippen LogP contribution in [0.25, 0.3) is 0 Å². The number of pyridine rings is 1. The first-order valence-electron chi connectivity index (χ1n) is 14.8. The van der Waals surface area contributed by atoms with E-state index in [9.17, 15) is 14.4 Å². The van der Waals surface area contributed by atoms with Gasteiger partial charge in [0.25, 0.3) is 17.7 Å². The Hall–Kier alpha value is -4.44. The van der Waals surface area contributed by atoms with Gasteiger partial charge < -0.3 is 30.9 Å². The van der Waals surface area contributed by atoms with Crippen LogP contribution in [0.4, 0.5) is 17.1 Å². The summed E-state index contributed by atoms with van der Waals surface area (Å²) < 4.78 is 5.34. The highest BCUT2D eigenvalue weighted by atomic mass is 16.5. The predicted molar refractivity (Wildman–Crippen MR) is 167 cm³/mol. The molecule has 3 heterocycles. The minimum atomic E-state index is -0.644. The van der Waals surface area contributed by atoms with Crippen molar-refractivity contribution in [3.63, 3.8) is 0 Å². The number of carbonyl (C=O) groups is 3. The fourth-order valence-electron chi connectivity index (χ4n) is 5.44. The van der Waals surface area contributed by atoms with Gasteiger partial charge in [-0.2, -0.15) is 0 Å². The van der Waals surface area contributed by atoms with Crippen LogP contribution in [-0.2, 0) is 10.2 Å². The second-order valence-corrected chi connectivity index (χ2v) is 12.1. The molecule has 5 rings (SSSR count). The number of rotatable bonds is 7. The molecule has 2 aliphatic rings. The lowest BCUT2D eigenvalue weighted by Gasteiger charge is -2.35. The summed E-state index contributed by atoms with van der Waals surface area (Å²) in [5, 5.41) is 6.44. The summed E-state index contributed by atoms with van der Waals surface area (Å²) in [6.07, 6.45) is 3.41. The number of benzene rings is 2. The van der Waals surface area contributed by atoms with Crippen LogP contribution in [-0.4, -0.2) is 73.0 Å². The molecule has 2 aliphatic heterocycles. The molecule has 0 bridgehead atoms. The van der Waals surface area contributed by atoms with Crippen molar-refractivity contribution in [3.8, 4) is 0 Å². The fraction of sp³-hybridized carbons (Fsp3) is 0.394. The fourth-order valence-corrected chi connectivity index (χ4v) is 5.44. The Kier molecular flexibility index (Phi) is 8.96. The average Bonchev–Trinajstić information content (AvgIpc) is 3.01. The summed E-state index contributed by atoms with van der Waals surface area (Å²) in [6.45, 7) is 10.1. The van der Waals surface area contributed by atoms with E-state index in [4.69, 9.17) is 10.5 Å². The molecule has 1 unspecified atom stereocenters. The highest BCUT2D eigenvalue weighted by molar-refractivity contribution is 5.98. The minimum absolute atomic E-state index is 0.0240. The number of carbonyl (C=O) groups excluding carboxylic acids is 3. The molecular weight excluding hydrogens is 544 g/mol. The third-order valence-corrected chi connectivity index (χ3v) is 7.95. The van der Waals surface area contributed by atoms with Gasteiger partial charge in [0.2, 0.25) is 0 Å². The number of amides is 3. The van der Waals surface area contributed by atoms with Crippen molar-refractivity contribution in [2.45, 2.75) is 45.1 Å². The quantitative estimate of drug-likeness (QED) is 0.381. The van der Waals surface area contributed by atoms with Gasteiger partial charge in [0.05, 0.1) is 30.8 Å². The summed E-state index contributed by atoms with van der Waals surface area (Å²) >= 11 is 0. The van der Waals surface area contributed by atoms with Gasteiger partial charge in [0, 0.05) is 49.0 Å². The van der Waals surface area contributed by atoms with Crippen LogP contribution in [0.3, 0.4) is 0 Å². The lowest BCUT2D eigenvalue weighted by atomic mass is 9.86. The van der Waals surface area contributed by atoms with E-state index in [2.05, 4.69) is 41.3 Å². The van der Waals surface area contributed by atoms with E-state index in [0.29, 0.717) is 55.3 Å². The van der Waals surface area contributed by atoms with Gasteiger partial charge in [-0.05, 0) is 66.3 Å². The van der Waals surface area contributed by atoms with Crippen LogP contribution in [0.15, 0.2) is 60.8 Å².